The molecule has 0 spiro atoms. The summed E-state index contributed by atoms with van der Waals surface area (Å²) in [6.45, 7) is 2.82. The van der Waals surface area contributed by atoms with Crippen molar-refractivity contribution in [3.8, 4) is 0 Å². The molecular formula is C12H18N6O. The molecule has 1 amide bonds. The number of hydrogen-bond acceptors (Lipinski definition) is 4. The van der Waals surface area contributed by atoms with Gasteiger partial charge in [0, 0.05) is 18.4 Å². The Morgan fingerprint density at radius 2 is 2.42 bits per heavy atom. The number of carbonyl (C=O) groups excluding carboxylic acids is 1. The first-order valence-electron chi connectivity index (χ1n) is 6.19. The third-order valence-corrected chi connectivity index (χ3v) is 2.85. The van der Waals surface area contributed by atoms with E-state index in [1.807, 2.05) is 13.1 Å². The van der Waals surface area contributed by atoms with E-state index in [1.165, 1.54) is 10.2 Å². The Balaban J connectivity index is 1.65. The number of nitrogen functional groups attached to an aromatic ring is 1. The molecule has 0 radical (unpaired) electrons. The second-order valence-electron chi connectivity index (χ2n) is 4.41. The lowest BCUT2D eigenvalue weighted by Crippen LogP contribution is -2.28. The molecule has 2 aromatic heterocycles. The number of nitrogens with two attached hydrogens (primary N) is 1. The zero-order valence-corrected chi connectivity index (χ0v) is 10.9. The maximum absolute atomic E-state index is 11.6. The second-order valence-corrected chi connectivity index (χ2v) is 4.41. The molecule has 0 fully saturated rings. The van der Waals surface area contributed by atoms with E-state index in [0.717, 1.165) is 18.5 Å². The summed E-state index contributed by atoms with van der Waals surface area (Å²) in [5.41, 5.74) is 7.74. The topological polar surface area (TPSA) is 102 Å². The SMILES string of the molecule is Cc1[nH]ncc1CCCNC(=O)Cn1ccc(N)n1. The van der Waals surface area contributed by atoms with Crippen molar-refractivity contribution in [3.05, 3.63) is 29.7 Å². The molecule has 19 heavy (non-hydrogen) atoms. The molecule has 102 valence electrons. The van der Waals surface area contributed by atoms with E-state index in [4.69, 9.17) is 5.73 Å². The first-order valence-corrected chi connectivity index (χ1v) is 6.19. The van der Waals surface area contributed by atoms with Gasteiger partial charge in [0.2, 0.25) is 5.91 Å². The zero-order valence-electron chi connectivity index (χ0n) is 10.9. The number of carbonyl (C=O) groups is 1. The standard InChI is InChI=1S/C12H18N6O/c1-9-10(7-15-16-9)3-2-5-14-12(19)8-18-6-4-11(13)17-18/h4,6-7H,2-3,5,8H2,1H3,(H2,13,17)(H,14,19)(H,15,16). The summed E-state index contributed by atoms with van der Waals surface area (Å²) in [5.74, 6) is 0.357. The number of H-pyrrole nitrogens is 1. The molecule has 4 N–H and O–H groups in total. The lowest BCUT2D eigenvalue weighted by atomic mass is 10.1. The van der Waals surface area contributed by atoms with Crippen LogP contribution in [0.3, 0.4) is 0 Å². The van der Waals surface area contributed by atoms with Crippen LogP contribution in [-0.2, 0) is 17.8 Å². The normalized spacial score (nSPS) is 10.6. The lowest BCUT2D eigenvalue weighted by molar-refractivity contribution is -0.121. The molecule has 0 saturated heterocycles. The highest BCUT2D eigenvalue weighted by atomic mass is 16.2. The Labute approximate surface area is 111 Å². The van der Waals surface area contributed by atoms with Crippen LogP contribution >= 0.6 is 0 Å². The van der Waals surface area contributed by atoms with Gasteiger partial charge in [-0.3, -0.25) is 14.6 Å². The van der Waals surface area contributed by atoms with Crippen molar-refractivity contribution in [2.45, 2.75) is 26.3 Å². The summed E-state index contributed by atoms with van der Waals surface area (Å²) in [6.07, 6.45) is 5.29. The third kappa shape index (κ3) is 3.84. The number of aromatic nitrogens is 4. The summed E-state index contributed by atoms with van der Waals surface area (Å²) < 4.78 is 1.52. The van der Waals surface area contributed by atoms with Crippen molar-refractivity contribution in [1.82, 2.24) is 25.3 Å². The van der Waals surface area contributed by atoms with Gasteiger partial charge in [-0.2, -0.15) is 10.2 Å². The molecule has 0 atom stereocenters. The van der Waals surface area contributed by atoms with Crippen molar-refractivity contribution in [1.29, 1.82) is 0 Å². The average Bonchev–Trinajstić information content (AvgIpc) is 2.94. The number of nitrogens with one attached hydrogen (secondary N) is 2. The fourth-order valence-corrected chi connectivity index (χ4v) is 1.80. The van der Waals surface area contributed by atoms with Crippen molar-refractivity contribution in [3.63, 3.8) is 0 Å². The van der Waals surface area contributed by atoms with Crippen molar-refractivity contribution in [2.75, 3.05) is 12.3 Å². The van der Waals surface area contributed by atoms with E-state index in [2.05, 4.69) is 20.6 Å². The predicted molar refractivity (Wildman–Crippen MR) is 71.3 cm³/mol. The number of rotatable bonds is 6. The smallest absolute Gasteiger partial charge is 0.241 e. The molecular weight excluding hydrogens is 244 g/mol. The van der Waals surface area contributed by atoms with Gasteiger partial charge in [-0.05, 0) is 31.4 Å². The van der Waals surface area contributed by atoms with Gasteiger partial charge in [-0.25, -0.2) is 0 Å². The van der Waals surface area contributed by atoms with E-state index in [-0.39, 0.29) is 12.5 Å². The van der Waals surface area contributed by atoms with Crippen LogP contribution in [0, 0.1) is 6.92 Å². The number of aryl methyl sites for hydroxylation is 2. The highest BCUT2D eigenvalue weighted by Gasteiger charge is 2.04. The number of aromatic amines is 1. The lowest BCUT2D eigenvalue weighted by Gasteiger charge is -2.05. The number of nitrogens with zero attached hydrogens (tertiary/aromatic N) is 3. The number of amides is 1. The van der Waals surface area contributed by atoms with E-state index in [0.29, 0.717) is 12.4 Å². The molecule has 0 bridgehead atoms. The van der Waals surface area contributed by atoms with Crippen LogP contribution in [0.4, 0.5) is 5.82 Å². The van der Waals surface area contributed by atoms with Crippen LogP contribution in [0.25, 0.3) is 0 Å². The molecule has 0 saturated carbocycles. The molecule has 0 aliphatic carbocycles. The van der Waals surface area contributed by atoms with Crippen LogP contribution in [0.5, 0.6) is 0 Å². The molecule has 0 aliphatic heterocycles. The molecule has 2 aromatic rings. The maximum Gasteiger partial charge on any atom is 0.241 e. The minimum Gasteiger partial charge on any atom is -0.382 e. The Kier molecular flexibility index (Phi) is 4.17. The van der Waals surface area contributed by atoms with Gasteiger partial charge in [0.1, 0.15) is 12.4 Å². The van der Waals surface area contributed by atoms with Crippen LogP contribution in [0.15, 0.2) is 18.5 Å². The first-order chi connectivity index (χ1) is 9.15. The minimum absolute atomic E-state index is 0.0629. The summed E-state index contributed by atoms with van der Waals surface area (Å²) in [7, 11) is 0. The van der Waals surface area contributed by atoms with Gasteiger partial charge in [0.25, 0.3) is 0 Å². The summed E-state index contributed by atoms with van der Waals surface area (Å²) in [4.78, 5) is 11.6. The van der Waals surface area contributed by atoms with Crippen molar-refractivity contribution in [2.24, 2.45) is 0 Å². The Morgan fingerprint density at radius 3 is 3.05 bits per heavy atom. The molecule has 0 aromatic carbocycles. The van der Waals surface area contributed by atoms with E-state index in [1.54, 1.807) is 12.3 Å². The van der Waals surface area contributed by atoms with Gasteiger partial charge >= 0.3 is 0 Å². The number of anilines is 1. The molecule has 0 unspecified atom stereocenters. The minimum atomic E-state index is -0.0629. The Hall–Kier alpha value is -2.31. The van der Waals surface area contributed by atoms with Crippen LogP contribution in [0.1, 0.15) is 17.7 Å². The monoisotopic (exact) mass is 262 g/mol. The van der Waals surface area contributed by atoms with Crippen LogP contribution in [0.2, 0.25) is 0 Å². The highest BCUT2D eigenvalue weighted by molar-refractivity contribution is 5.75. The Morgan fingerprint density at radius 1 is 1.58 bits per heavy atom. The largest absolute Gasteiger partial charge is 0.382 e. The molecule has 2 heterocycles. The van der Waals surface area contributed by atoms with E-state index < -0.39 is 0 Å². The summed E-state index contributed by atoms with van der Waals surface area (Å²) in [6, 6.07) is 1.66. The van der Waals surface area contributed by atoms with Gasteiger partial charge in [0.15, 0.2) is 0 Å². The third-order valence-electron chi connectivity index (χ3n) is 2.85. The zero-order chi connectivity index (χ0) is 13.7. The van der Waals surface area contributed by atoms with Crippen molar-refractivity contribution < 1.29 is 4.79 Å². The molecule has 0 aliphatic rings. The van der Waals surface area contributed by atoms with E-state index in [9.17, 15) is 4.79 Å². The number of hydrogen-bond donors (Lipinski definition) is 3. The predicted octanol–water partition coefficient (Wildman–Crippen LogP) is 0.246. The van der Waals surface area contributed by atoms with Gasteiger partial charge in [-0.1, -0.05) is 0 Å². The van der Waals surface area contributed by atoms with Gasteiger partial charge in [-0.15, -0.1) is 0 Å². The van der Waals surface area contributed by atoms with E-state index >= 15 is 0 Å². The quantitative estimate of drug-likeness (QED) is 0.649. The summed E-state index contributed by atoms with van der Waals surface area (Å²) in [5, 5.41) is 13.7. The highest BCUT2D eigenvalue weighted by Crippen LogP contribution is 2.04. The second kappa shape index (κ2) is 6.03. The molecule has 7 nitrogen and oxygen atoms in total. The fraction of sp³-hybridized carbons (Fsp3) is 0.417. The van der Waals surface area contributed by atoms with Crippen LogP contribution < -0.4 is 11.1 Å². The average molecular weight is 262 g/mol. The fourth-order valence-electron chi connectivity index (χ4n) is 1.80. The van der Waals surface area contributed by atoms with Gasteiger partial charge in [0.05, 0.1) is 6.20 Å². The first kappa shape index (κ1) is 13.1. The van der Waals surface area contributed by atoms with Crippen molar-refractivity contribution >= 4 is 11.7 Å². The molecule has 2 rings (SSSR count). The van der Waals surface area contributed by atoms with Crippen LogP contribution in [-0.4, -0.2) is 32.4 Å². The Bertz CT molecular complexity index is 544. The summed E-state index contributed by atoms with van der Waals surface area (Å²) >= 11 is 0. The van der Waals surface area contributed by atoms with Gasteiger partial charge < -0.3 is 11.1 Å². The maximum atomic E-state index is 11.6. The molecule has 7 heteroatoms.